The molecule has 3 nitrogen and oxygen atoms in total. The first kappa shape index (κ1) is 13.0. The van der Waals surface area contributed by atoms with Crippen LogP contribution in [0.4, 0.5) is 0 Å². The van der Waals surface area contributed by atoms with Crippen molar-refractivity contribution in [2.75, 3.05) is 25.1 Å². The number of nitrogens with zero attached hydrogens (tertiary/aromatic N) is 1. The Labute approximate surface area is 108 Å². The topological polar surface area (TPSA) is 32.3 Å². The summed E-state index contributed by atoms with van der Waals surface area (Å²) < 4.78 is 0. The number of carbonyl (C=O) groups excluding carboxylic acids is 1. The summed E-state index contributed by atoms with van der Waals surface area (Å²) in [7, 11) is 1.88. The zero-order valence-corrected chi connectivity index (χ0v) is 11.3. The minimum atomic E-state index is -0.000784. The number of allylic oxidation sites excluding steroid dienone is 1. The number of thioether (sulfide) groups is 1. The second-order valence-electron chi connectivity index (χ2n) is 4.73. The van der Waals surface area contributed by atoms with Crippen LogP contribution in [0.2, 0.25) is 0 Å². The quantitative estimate of drug-likeness (QED) is 0.761. The van der Waals surface area contributed by atoms with Gasteiger partial charge in [-0.2, -0.15) is 11.8 Å². The molecule has 0 bridgehead atoms. The highest BCUT2D eigenvalue weighted by atomic mass is 32.2. The molecule has 2 atom stereocenters. The van der Waals surface area contributed by atoms with Gasteiger partial charge in [0.15, 0.2) is 0 Å². The van der Waals surface area contributed by atoms with Crippen LogP contribution in [-0.4, -0.2) is 48.0 Å². The predicted octanol–water partition coefficient (Wildman–Crippen LogP) is 1.65. The van der Waals surface area contributed by atoms with Gasteiger partial charge in [-0.1, -0.05) is 18.6 Å². The first-order valence-corrected chi connectivity index (χ1v) is 7.70. The fourth-order valence-electron chi connectivity index (χ4n) is 2.51. The van der Waals surface area contributed by atoms with E-state index < -0.39 is 0 Å². The van der Waals surface area contributed by atoms with Crippen molar-refractivity contribution >= 4 is 17.7 Å². The third kappa shape index (κ3) is 3.26. The second kappa shape index (κ2) is 6.45. The Morgan fingerprint density at radius 3 is 3.18 bits per heavy atom. The molecule has 2 aliphatic rings. The maximum absolute atomic E-state index is 12.4. The molecule has 0 aromatic rings. The molecule has 1 aliphatic heterocycles. The molecule has 1 amide bonds. The van der Waals surface area contributed by atoms with Crippen LogP contribution in [0.1, 0.15) is 25.7 Å². The van der Waals surface area contributed by atoms with Gasteiger partial charge in [0.25, 0.3) is 0 Å². The molecule has 1 aliphatic carbocycles. The van der Waals surface area contributed by atoms with E-state index in [4.69, 9.17) is 0 Å². The van der Waals surface area contributed by atoms with Crippen LogP contribution in [0, 0.1) is 0 Å². The maximum atomic E-state index is 12.4. The summed E-state index contributed by atoms with van der Waals surface area (Å²) in [4.78, 5) is 14.5. The summed E-state index contributed by atoms with van der Waals surface area (Å²) in [6.07, 6.45) is 9.29. The third-order valence-electron chi connectivity index (χ3n) is 3.57. The highest BCUT2D eigenvalue weighted by molar-refractivity contribution is 7.99. The van der Waals surface area contributed by atoms with Crippen molar-refractivity contribution in [1.29, 1.82) is 0 Å². The summed E-state index contributed by atoms with van der Waals surface area (Å²) >= 11 is 1.88. The normalized spacial score (nSPS) is 31.1. The number of hydrogen-bond donors (Lipinski definition) is 1. The largest absolute Gasteiger partial charge is 0.334 e. The summed E-state index contributed by atoms with van der Waals surface area (Å²) in [6, 6.07) is 0.332. The first-order valence-electron chi connectivity index (χ1n) is 6.55. The van der Waals surface area contributed by atoms with E-state index in [0.717, 1.165) is 24.5 Å². The molecule has 4 heteroatoms. The molecule has 0 spiro atoms. The van der Waals surface area contributed by atoms with Gasteiger partial charge in [-0.3, -0.25) is 4.79 Å². The van der Waals surface area contributed by atoms with Gasteiger partial charge in [-0.05, 0) is 26.3 Å². The Bertz CT molecular complexity index is 293. The van der Waals surface area contributed by atoms with Crippen molar-refractivity contribution < 1.29 is 4.79 Å². The summed E-state index contributed by atoms with van der Waals surface area (Å²) in [5.41, 5.74) is 0. The van der Waals surface area contributed by atoms with E-state index in [1.54, 1.807) is 0 Å². The van der Waals surface area contributed by atoms with E-state index >= 15 is 0 Å². The first-order chi connectivity index (χ1) is 8.33. The lowest BCUT2D eigenvalue weighted by Crippen LogP contribution is -2.49. The lowest BCUT2D eigenvalue weighted by atomic mass is 10.1. The number of rotatable bonds is 2. The van der Waals surface area contributed by atoms with Crippen molar-refractivity contribution in [2.24, 2.45) is 0 Å². The zero-order valence-electron chi connectivity index (χ0n) is 10.5. The Morgan fingerprint density at radius 2 is 2.35 bits per heavy atom. The fourth-order valence-corrected chi connectivity index (χ4v) is 3.54. The van der Waals surface area contributed by atoms with Crippen LogP contribution in [-0.2, 0) is 4.79 Å². The molecule has 0 saturated carbocycles. The van der Waals surface area contributed by atoms with Crippen LogP contribution >= 0.6 is 11.8 Å². The summed E-state index contributed by atoms with van der Waals surface area (Å²) in [6.45, 7) is 0.899. The Balaban J connectivity index is 2.08. The van der Waals surface area contributed by atoms with Crippen molar-refractivity contribution in [3.63, 3.8) is 0 Å². The van der Waals surface area contributed by atoms with Gasteiger partial charge in [0.1, 0.15) is 0 Å². The fraction of sp³-hybridized carbons (Fsp3) is 0.769. The number of hydrogen-bond acceptors (Lipinski definition) is 3. The van der Waals surface area contributed by atoms with E-state index in [0.29, 0.717) is 6.04 Å². The van der Waals surface area contributed by atoms with Crippen LogP contribution in [0.5, 0.6) is 0 Å². The lowest BCUT2D eigenvalue weighted by molar-refractivity contribution is -0.133. The molecule has 2 rings (SSSR count). The minimum absolute atomic E-state index is 0.000784. The van der Waals surface area contributed by atoms with Gasteiger partial charge in [-0.15, -0.1) is 0 Å². The van der Waals surface area contributed by atoms with Crippen molar-refractivity contribution in [3.05, 3.63) is 12.2 Å². The van der Waals surface area contributed by atoms with Crippen LogP contribution < -0.4 is 5.32 Å². The van der Waals surface area contributed by atoms with Gasteiger partial charge in [-0.25, -0.2) is 0 Å². The zero-order chi connectivity index (χ0) is 12.1. The Morgan fingerprint density at radius 1 is 1.47 bits per heavy atom. The molecule has 1 N–H and O–H groups in total. The third-order valence-corrected chi connectivity index (χ3v) is 4.61. The standard InChI is InChI=1S/C13H22N2OS/c1-14-12-10-17-9-8-15(13(12)16)11-6-4-2-3-5-7-11/h4,6,11-12,14H,2-3,5,7-10H2,1H3. The molecule has 1 heterocycles. The molecule has 2 unspecified atom stereocenters. The highest BCUT2D eigenvalue weighted by Gasteiger charge is 2.29. The van der Waals surface area contributed by atoms with Gasteiger partial charge >= 0.3 is 0 Å². The van der Waals surface area contributed by atoms with Gasteiger partial charge < -0.3 is 10.2 Å². The molecular weight excluding hydrogens is 232 g/mol. The number of likely N-dealkylation sites (N-methyl/N-ethyl adjacent to an activating group) is 1. The predicted molar refractivity (Wildman–Crippen MR) is 73.3 cm³/mol. The lowest BCUT2D eigenvalue weighted by Gasteiger charge is -2.30. The molecule has 17 heavy (non-hydrogen) atoms. The Kier molecular flexibility index (Phi) is 4.92. The van der Waals surface area contributed by atoms with Gasteiger partial charge in [0, 0.05) is 18.1 Å². The molecule has 0 radical (unpaired) electrons. The van der Waals surface area contributed by atoms with Crippen LogP contribution in [0.3, 0.4) is 0 Å². The van der Waals surface area contributed by atoms with E-state index in [1.165, 1.54) is 19.3 Å². The van der Waals surface area contributed by atoms with Crippen LogP contribution in [0.25, 0.3) is 0 Å². The van der Waals surface area contributed by atoms with Crippen molar-refractivity contribution in [3.8, 4) is 0 Å². The monoisotopic (exact) mass is 254 g/mol. The minimum Gasteiger partial charge on any atom is -0.334 e. The number of amides is 1. The SMILES string of the molecule is CNC1CSCCN(C2C=CCCCC2)C1=O. The molecule has 0 aromatic carbocycles. The van der Waals surface area contributed by atoms with E-state index in [-0.39, 0.29) is 11.9 Å². The second-order valence-corrected chi connectivity index (χ2v) is 5.88. The highest BCUT2D eigenvalue weighted by Crippen LogP contribution is 2.21. The van der Waals surface area contributed by atoms with Gasteiger partial charge in [0.2, 0.25) is 5.91 Å². The number of carbonyl (C=O) groups is 1. The average molecular weight is 254 g/mol. The molecule has 96 valence electrons. The summed E-state index contributed by atoms with van der Waals surface area (Å²) in [5.74, 6) is 2.25. The molecule has 1 fully saturated rings. The summed E-state index contributed by atoms with van der Waals surface area (Å²) in [5, 5.41) is 3.14. The molecule has 0 aromatic heterocycles. The van der Waals surface area contributed by atoms with Crippen molar-refractivity contribution in [1.82, 2.24) is 10.2 Å². The van der Waals surface area contributed by atoms with Gasteiger partial charge in [0.05, 0.1) is 12.1 Å². The van der Waals surface area contributed by atoms with E-state index in [1.807, 2.05) is 18.8 Å². The molecule has 1 saturated heterocycles. The maximum Gasteiger partial charge on any atom is 0.241 e. The van der Waals surface area contributed by atoms with E-state index in [2.05, 4.69) is 22.4 Å². The molecular formula is C13H22N2OS. The van der Waals surface area contributed by atoms with Crippen LogP contribution in [0.15, 0.2) is 12.2 Å². The van der Waals surface area contributed by atoms with Crippen molar-refractivity contribution in [2.45, 2.75) is 37.8 Å². The Hall–Kier alpha value is -0.480. The smallest absolute Gasteiger partial charge is 0.241 e. The number of nitrogens with one attached hydrogen (secondary N) is 1. The average Bonchev–Trinajstić information content (AvgIpc) is 2.69. The van der Waals surface area contributed by atoms with E-state index in [9.17, 15) is 4.79 Å².